The average Bonchev–Trinajstić information content (AvgIpc) is 3.25. The Balaban J connectivity index is 1.39. The van der Waals surface area contributed by atoms with E-state index in [0.717, 1.165) is 25.2 Å². The summed E-state index contributed by atoms with van der Waals surface area (Å²) < 4.78 is 0. The second kappa shape index (κ2) is 8.44. The first-order valence-electron chi connectivity index (χ1n) is 8.78. The van der Waals surface area contributed by atoms with Crippen LogP contribution in [0, 0.1) is 0 Å². The van der Waals surface area contributed by atoms with Crippen LogP contribution in [0.25, 0.3) is 11.2 Å². The third-order valence-electron chi connectivity index (χ3n) is 4.57. The molecule has 1 fully saturated rings. The monoisotopic (exact) mass is 365 g/mol. The third kappa shape index (κ3) is 4.58. The van der Waals surface area contributed by atoms with Gasteiger partial charge >= 0.3 is 0 Å². The van der Waals surface area contributed by atoms with E-state index in [1.165, 1.54) is 12.8 Å². The fourth-order valence-electron chi connectivity index (χ4n) is 3.25. The normalized spacial score (nSPS) is 17.9. The van der Waals surface area contributed by atoms with Gasteiger partial charge in [0.25, 0.3) is 0 Å². The van der Waals surface area contributed by atoms with Crippen LogP contribution in [0.1, 0.15) is 32.6 Å². The van der Waals surface area contributed by atoms with Crippen molar-refractivity contribution in [3.63, 3.8) is 0 Å². The maximum absolute atomic E-state index is 12.0. The Kier molecular flexibility index (Phi) is 6.04. The van der Waals surface area contributed by atoms with Gasteiger partial charge in [0.05, 0.1) is 6.33 Å². The molecule has 1 aliphatic heterocycles. The van der Waals surface area contributed by atoms with Crippen molar-refractivity contribution < 1.29 is 4.79 Å². The number of imidazole rings is 1. The minimum absolute atomic E-state index is 0.0946. The molecule has 0 saturated carbocycles. The number of halogens is 1. The van der Waals surface area contributed by atoms with Crippen molar-refractivity contribution in [3.05, 3.63) is 11.6 Å². The van der Waals surface area contributed by atoms with Gasteiger partial charge in [-0.15, -0.1) is 0 Å². The van der Waals surface area contributed by atoms with Crippen molar-refractivity contribution in [2.45, 2.75) is 38.6 Å². The number of fused-ring (bicyclic) bond motifs is 1. The van der Waals surface area contributed by atoms with Crippen LogP contribution in [0.3, 0.4) is 0 Å². The molecular formula is C16H24ClN7O. The van der Waals surface area contributed by atoms with Gasteiger partial charge in [-0.1, -0.05) is 6.92 Å². The van der Waals surface area contributed by atoms with Crippen LogP contribution in [-0.4, -0.2) is 63.0 Å². The number of H-pyrrole nitrogens is 1. The number of anilines is 1. The van der Waals surface area contributed by atoms with E-state index >= 15 is 0 Å². The molecule has 3 N–H and O–H groups in total. The Bertz CT molecular complexity index is 720. The van der Waals surface area contributed by atoms with Crippen LogP contribution in [0.5, 0.6) is 0 Å². The lowest BCUT2D eigenvalue weighted by molar-refractivity contribution is -0.121. The van der Waals surface area contributed by atoms with Crippen molar-refractivity contribution in [1.29, 1.82) is 0 Å². The van der Waals surface area contributed by atoms with Gasteiger partial charge in [0.2, 0.25) is 11.2 Å². The Labute approximate surface area is 151 Å². The summed E-state index contributed by atoms with van der Waals surface area (Å²) in [6, 6.07) is 0.490. The molecule has 0 aromatic carbocycles. The highest BCUT2D eigenvalue weighted by Gasteiger charge is 2.22. The number of aromatic nitrogens is 4. The maximum atomic E-state index is 12.0. The molecule has 1 atom stereocenters. The van der Waals surface area contributed by atoms with Gasteiger partial charge in [-0.05, 0) is 44.0 Å². The van der Waals surface area contributed by atoms with Gasteiger partial charge in [0, 0.05) is 25.6 Å². The Morgan fingerprint density at radius 1 is 1.48 bits per heavy atom. The molecule has 0 bridgehead atoms. The summed E-state index contributed by atoms with van der Waals surface area (Å²) >= 11 is 5.89. The highest BCUT2D eigenvalue weighted by molar-refractivity contribution is 6.28. The Hall–Kier alpha value is -1.93. The lowest BCUT2D eigenvalue weighted by atomic mass is 10.2. The molecule has 0 radical (unpaired) electrons. The fourth-order valence-corrected chi connectivity index (χ4v) is 3.42. The van der Waals surface area contributed by atoms with Crippen molar-refractivity contribution >= 4 is 34.5 Å². The molecule has 3 heterocycles. The number of aromatic amines is 1. The molecule has 0 aliphatic carbocycles. The lowest BCUT2D eigenvalue weighted by Gasteiger charge is -2.22. The molecule has 9 heteroatoms. The number of rotatable bonds is 8. The number of carbonyl (C=O) groups excluding carboxylic acids is 1. The number of likely N-dealkylation sites (tertiary alicyclic amines) is 1. The second-order valence-electron chi connectivity index (χ2n) is 6.20. The van der Waals surface area contributed by atoms with Gasteiger partial charge in [-0.2, -0.15) is 9.97 Å². The number of nitrogens with zero attached hydrogens (tertiary/aromatic N) is 4. The smallest absolute Gasteiger partial charge is 0.226 e. The molecule has 3 rings (SSSR count). The van der Waals surface area contributed by atoms with Gasteiger partial charge in [-0.3, -0.25) is 9.69 Å². The summed E-state index contributed by atoms with van der Waals surface area (Å²) in [5, 5.41) is 6.39. The number of hydrogen-bond acceptors (Lipinski definition) is 6. The molecule has 2 aromatic rings. The number of nitrogens with one attached hydrogen (secondary N) is 3. The maximum Gasteiger partial charge on any atom is 0.226 e. The minimum Gasteiger partial charge on any atom is -0.368 e. The SMILES string of the molecule is CCN1CCC[C@H]1CNC(=O)CCCNc1nc(Cl)nc2nc[nH]c12. The van der Waals surface area contributed by atoms with E-state index in [-0.39, 0.29) is 11.2 Å². The molecule has 1 amide bonds. The number of hydrogen-bond donors (Lipinski definition) is 3. The molecule has 136 valence electrons. The van der Waals surface area contributed by atoms with Gasteiger partial charge in [-0.25, -0.2) is 4.98 Å². The summed E-state index contributed by atoms with van der Waals surface area (Å²) in [5.41, 5.74) is 1.24. The van der Waals surface area contributed by atoms with Crippen molar-refractivity contribution in [2.75, 3.05) is 31.5 Å². The number of likely N-dealkylation sites (N-methyl/N-ethyl adjacent to an activating group) is 1. The highest BCUT2D eigenvalue weighted by atomic mass is 35.5. The molecule has 1 saturated heterocycles. The van der Waals surface area contributed by atoms with E-state index in [0.29, 0.717) is 36.9 Å². The Morgan fingerprint density at radius 3 is 3.20 bits per heavy atom. The fraction of sp³-hybridized carbons (Fsp3) is 0.625. The van der Waals surface area contributed by atoms with E-state index in [1.54, 1.807) is 6.33 Å². The zero-order valence-corrected chi connectivity index (χ0v) is 15.1. The van der Waals surface area contributed by atoms with Crippen LogP contribution in [0.2, 0.25) is 5.28 Å². The quantitative estimate of drug-likeness (QED) is 0.487. The van der Waals surface area contributed by atoms with E-state index in [2.05, 4.69) is 42.4 Å². The predicted molar refractivity (Wildman–Crippen MR) is 97.7 cm³/mol. The topological polar surface area (TPSA) is 98.8 Å². The van der Waals surface area contributed by atoms with E-state index in [1.807, 2.05) is 0 Å². The zero-order chi connectivity index (χ0) is 17.6. The van der Waals surface area contributed by atoms with Crippen molar-refractivity contribution in [3.8, 4) is 0 Å². The van der Waals surface area contributed by atoms with E-state index in [9.17, 15) is 4.79 Å². The minimum atomic E-state index is 0.0946. The predicted octanol–water partition coefficient (Wildman–Crippen LogP) is 1.80. The second-order valence-corrected chi connectivity index (χ2v) is 6.54. The van der Waals surface area contributed by atoms with Crippen LogP contribution < -0.4 is 10.6 Å². The molecular weight excluding hydrogens is 342 g/mol. The molecule has 1 aliphatic rings. The zero-order valence-electron chi connectivity index (χ0n) is 14.4. The molecule has 25 heavy (non-hydrogen) atoms. The summed E-state index contributed by atoms with van der Waals surface area (Å²) in [5.74, 6) is 0.703. The average molecular weight is 366 g/mol. The van der Waals surface area contributed by atoms with Crippen LogP contribution in [-0.2, 0) is 4.79 Å². The first-order valence-corrected chi connectivity index (χ1v) is 9.16. The third-order valence-corrected chi connectivity index (χ3v) is 4.74. The highest BCUT2D eigenvalue weighted by Crippen LogP contribution is 2.18. The van der Waals surface area contributed by atoms with Gasteiger partial charge in [0.15, 0.2) is 11.5 Å². The first-order chi connectivity index (χ1) is 12.2. The van der Waals surface area contributed by atoms with Gasteiger partial charge < -0.3 is 15.6 Å². The molecule has 0 spiro atoms. The summed E-state index contributed by atoms with van der Waals surface area (Å²) in [6.07, 6.45) is 5.14. The van der Waals surface area contributed by atoms with Crippen molar-refractivity contribution in [2.24, 2.45) is 0 Å². The summed E-state index contributed by atoms with van der Waals surface area (Å²) in [7, 11) is 0. The number of carbonyl (C=O) groups is 1. The van der Waals surface area contributed by atoms with Gasteiger partial charge in [0.1, 0.15) is 5.52 Å². The summed E-state index contributed by atoms with van der Waals surface area (Å²) in [6.45, 7) is 5.73. The molecule has 8 nitrogen and oxygen atoms in total. The van der Waals surface area contributed by atoms with E-state index < -0.39 is 0 Å². The lowest BCUT2D eigenvalue weighted by Crippen LogP contribution is -2.40. The standard InChI is InChI=1S/C16H24ClN7O/c1-2-24-8-4-5-11(24)9-19-12(25)6-3-7-18-14-13-15(21-10-20-13)23-16(17)22-14/h10-11H,2-9H2,1H3,(H,19,25)(H2,18,20,21,22,23)/t11-/m0/s1. The largest absolute Gasteiger partial charge is 0.368 e. The van der Waals surface area contributed by atoms with Crippen molar-refractivity contribution in [1.82, 2.24) is 30.2 Å². The summed E-state index contributed by atoms with van der Waals surface area (Å²) in [4.78, 5) is 29.7. The van der Waals surface area contributed by atoms with Crippen LogP contribution in [0.4, 0.5) is 5.82 Å². The Morgan fingerprint density at radius 2 is 2.36 bits per heavy atom. The molecule has 0 unspecified atom stereocenters. The molecule has 2 aromatic heterocycles. The van der Waals surface area contributed by atoms with Crippen LogP contribution >= 0.6 is 11.6 Å². The number of amides is 1. The first kappa shape index (κ1) is 17.9. The van der Waals surface area contributed by atoms with E-state index in [4.69, 9.17) is 11.6 Å². The van der Waals surface area contributed by atoms with Crippen LogP contribution in [0.15, 0.2) is 6.33 Å².